The summed E-state index contributed by atoms with van der Waals surface area (Å²) in [4.78, 5) is 41.5. The molecule has 0 saturated heterocycles. The van der Waals surface area contributed by atoms with E-state index in [0.717, 1.165) is 5.56 Å². The largest absolute Gasteiger partial charge is 0.352 e. The van der Waals surface area contributed by atoms with Crippen molar-refractivity contribution in [3.8, 4) is 0 Å². The average molecular weight is 603 g/mol. The summed E-state index contributed by atoms with van der Waals surface area (Å²) in [7, 11) is -4.10. The molecule has 1 N–H and O–H groups in total. The van der Waals surface area contributed by atoms with Crippen LogP contribution in [0.25, 0.3) is 0 Å². The minimum atomic E-state index is -4.10. The van der Waals surface area contributed by atoms with E-state index in [9.17, 15) is 22.8 Å². The summed E-state index contributed by atoms with van der Waals surface area (Å²) in [6.45, 7) is 3.15. The molecule has 3 amide bonds. The molecule has 40 heavy (non-hydrogen) atoms. The smallest absolute Gasteiger partial charge is 0.269 e. The van der Waals surface area contributed by atoms with Crippen molar-refractivity contribution >= 4 is 50.9 Å². The lowest BCUT2D eigenvalue weighted by molar-refractivity contribution is -0.141. The predicted molar refractivity (Wildman–Crippen MR) is 154 cm³/mol. The van der Waals surface area contributed by atoms with Crippen LogP contribution in [0.2, 0.25) is 10.0 Å². The first-order chi connectivity index (χ1) is 19.0. The number of nitrogens with one attached hydrogen (secondary N) is 1. The zero-order valence-electron chi connectivity index (χ0n) is 22.0. The Morgan fingerprint density at radius 1 is 0.925 bits per heavy atom. The molecule has 210 valence electrons. The third-order valence-electron chi connectivity index (χ3n) is 6.53. The SMILES string of the molecule is CC(C)NC(=O)C(Cc1ccccc1)N(Cc1c(Cl)cccc1Cl)C(=O)CCN1C(=O)c2ccccc2S1(=O)=O. The van der Waals surface area contributed by atoms with Crippen LogP contribution in [0.5, 0.6) is 0 Å². The second kappa shape index (κ2) is 12.4. The van der Waals surface area contributed by atoms with Gasteiger partial charge in [-0.2, -0.15) is 0 Å². The van der Waals surface area contributed by atoms with E-state index in [1.165, 1.54) is 23.1 Å². The summed E-state index contributed by atoms with van der Waals surface area (Å²) in [5.74, 6) is -1.61. The zero-order chi connectivity index (χ0) is 29.0. The minimum absolute atomic E-state index is 0.0629. The Morgan fingerprint density at radius 3 is 2.17 bits per heavy atom. The maximum atomic E-state index is 13.9. The number of halogens is 2. The van der Waals surface area contributed by atoms with E-state index in [1.54, 1.807) is 24.3 Å². The summed E-state index contributed by atoms with van der Waals surface area (Å²) in [5, 5.41) is 3.52. The van der Waals surface area contributed by atoms with E-state index in [-0.39, 0.29) is 48.3 Å². The van der Waals surface area contributed by atoms with Crippen LogP contribution in [0.3, 0.4) is 0 Å². The standard InChI is InChI=1S/C29H29Cl2N3O5S/c1-19(2)32-28(36)25(17-20-9-4-3-5-10-20)33(18-22-23(30)12-8-13-24(22)31)27(35)15-16-34-29(37)21-11-6-7-14-26(21)40(34,38)39/h3-14,19,25H,15-18H2,1-2H3,(H,32,36). The van der Waals surface area contributed by atoms with Gasteiger partial charge >= 0.3 is 0 Å². The van der Waals surface area contributed by atoms with Gasteiger partial charge in [0, 0.05) is 47.6 Å². The van der Waals surface area contributed by atoms with Crippen LogP contribution in [0.4, 0.5) is 0 Å². The molecule has 1 unspecified atom stereocenters. The molecule has 11 heteroatoms. The van der Waals surface area contributed by atoms with E-state index < -0.39 is 27.9 Å². The molecule has 0 saturated carbocycles. The monoisotopic (exact) mass is 601 g/mol. The molecule has 0 aliphatic carbocycles. The third-order valence-corrected chi connectivity index (χ3v) is 9.08. The quantitative estimate of drug-likeness (QED) is 0.363. The molecular weight excluding hydrogens is 573 g/mol. The van der Waals surface area contributed by atoms with Gasteiger partial charge in [0.25, 0.3) is 15.9 Å². The van der Waals surface area contributed by atoms with Crippen molar-refractivity contribution in [2.45, 2.75) is 50.2 Å². The van der Waals surface area contributed by atoms with Crippen molar-refractivity contribution in [2.24, 2.45) is 0 Å². The molecule has 3 aromatic carbocycles. The van der Waals surface area contributed by atoms with Crippen molar-refractivity contribution in [3.05, 3.63) is 99.5 Å². The zero-order valence-corrected chi connectivity index (χ0v) is 24.3. The molecule has 1 atom stereocenters. The van der Waals surface area contributed by atoms with Crippen LogP contribution in [-0.2, 0) is 32.6 Å². The lowest BCUT2D eigenvalue weighted by atomic mass is 10.0. The second-order valence-electron chi connectivity index (χ2n) is 9.72. The van der Waals surface area contributed by atoms with Gasteiger partial charge < -0.3 is 10.2 Å². The first-order valence-electron chi connectivity index (χ1n) is 12.7. The summed E-state index contributed by atoms with van der Waals surface area (Å²) in [6.07, 6.45) is -0.152. The van der Waals surface area contributed by atoms with Gasteiger partial charge in [0.15, 0.2) is 0 Å². The van der Waals surface area contributed by atoms with E-state index in [4.69, 9.17) is 23.2 Å². The Morgan fingerprint density at radius 2 is 1.55 bits per heavy atom. The highest BCUT2D eigenvalue weighted by atomic mass is 35.5. The van der Waals surface area contributed by atoms with Gasteiger partial charge in [-0.25, -0.2) is 12.7 Å². The number of sulfonamides is 1. The topological polar surface area (TPSA) is 104 Å². The molecule has 1 heterocycles. The molecule has 8 nitrogen and oxygen atoms in total. The number of hydrogen-bond donors (Lipinski definition) is 1. The van der Waals surface area contributed by atoms with Gasteiger partial charge in [0.1, 0.15) is 10.9 Å². The van der Waals surface area contributed by atoms with Crippen molar-refractivity contribution in [2.75, 3.05) is 6.54 Å². The normalized spacial score (nSPS) is 14.6. The number of benzene rings is 3. The van der Waals surface area contributed by atoms with Gasteiger partial charge in [0.05, 0.1) is 5.56 Å². The minimum Gasteiger partial charge on any atom is -0.352 e. The fourth-order valence-electron chi connectivity index (χ4n) is 4.58. The lowest BCUT2D eigenvalue weighted by Gasteiger charge is -2.33. The van der Waals surface area contributed by atoms with E-state index in [2.05, 4.69) is 5.32 Å². The molecule has 1 aliphatic heterocycles. The second-order valence-corrected chi connectivity index (χ2v) is 12.4. The summed E-state index contributed by atoms with van der Waals surface area (Å²) in [5.41, 5.74) is 1.34. The number of rotatable bonds is 10. The van der Waals surface area contributed by atoms with Crippen molar-refractivity contribution in [3.63, 3.8) is 0 Å². The van der Waals surface area contributed by atoms with Crippen LogP contribution in [0.15, 0.2) is 77.7 Å². The molecule has 0 bridgehead atoms. The number of nitrogens with zero attached hydrogens (tertiary/aromatic N) is 2. The highest BCUT2D eigenvalue weighted by Crippen LogP contribution is 2.31. The van der Waals surface area contributed by atoms with Crippen LogP contribution < -0.4 is 5.32 Å². The number of fused-ring (bicyclic) bond motifs is 1. The summed E-state index contributed by atoms with van der Waals surface area (Å²) < 4.78 is 26.8. The summed E-state index contributed by atoms with van der Waals surface area (Å²) >= 11 is 12.9. The van der Waals surface area contributed by atoms with Crippen LogP contribution in [0, 0.1) is 0 Å². The van der Waals surface area contributed by atoms with Gasteiger partial charge in [0.2, 0.25) is 11.8 Å². The Balaban J connectivity index is 1.67. The first-order valence-corrected chi connectivity index (χ1v) is 14.9. The van der Waals surface area contributed by atoms with E-state index in [1.807, 2.05) is 44.2 Å². The molecular formula is C29H29Cl2N3O5S. The fourth-order valence-corrected chi connectivity index (χ4v) is 6.67. The summed E-state index contributed by atoms with van der Waals surface area (Å²) in [6, 6.07) is 18.9. The Hall–Kier alpha value is -3.40. The fraction of sp³-hybridized carbons (Fsp3) is 0.276. The van der Waals surface area contributed by atoms with Crippen molar-refractivity contribution in [1.82, 2.24) is 14.5 Å². The van der Waals surface area contributed by atoms with Gasteiger partial charge in [-0.1, -0.05) is 71.7 Å². The van der Waals surface area contributed by atoms with Gasteiger partial charge in [-0.15, -0.1) is 0 Å². The highest BCUT2D eigenvalue weighted by molar-refractivity contribution is 7.90. The van der Waals surface area contributed by atoms with Crippen LogP contribution >= 0.6 is 23.2 Å². The average Bonchev–Trinajstić information content (AvgIpc) is 3.11. The van der Waals surface area contributed by atoms with Crippen molar-refractivity contribution in [1.29, 1.82) is 0 Å². The molecule has 3 aromatic rings. The van der Waals surface area contributed by atoms with Crippen molar-refractivity contribution < 1.29 is 22.8 Å². The molecule has 0 aromatic heterocycles. The molecule has 1 aliphatic rings. The Labute approximate surface area is 243 Å². The first kappa shape index (κ1) is 29.6. The number of hydrogen-bond acceptors (Lipinski definition) is 5. The Kier molecular flexibility index (Phi) is 9.18. The maximum Gasteiger partial charge on any atom is 0.269 e. The molecule has 0 fully saturated rings. The van der Waals surface area contributed by atoms with E-state index in [0.29, 0.717) is 19.9 Å². The maximum absolute atomic E-state index is 13.9. The molecule has 0 spiro atoms. The van der Waals surface area contributed by atoms with Crippen LogP contribution in [0.1, 0.15) is 41.8 Å². The van der Waals surface area contributed by atoms with Crippen LogP contribution in [-0.4, -0.2) is 54.0 Å². The number of carbonyl (C=O) groups excluding carboxylic acids is 3. The predicted octanol–water partition coefficient (Wildman–Crippen LogP) is 4.69. The van der Waals surface area contributed by atoms with Gasteiger partial charge in [-0.05, 0) is 43.7 Å². The highest BCUT2D eigenvalue weighted by Gasteiger charge is 2.41. The number of amides is 3. The number of carbonyl (C=O) groups is 3. The molecule has 0 radical (unpaired) electrons. The van der Waals surface area contributed by atoms with Gasteiger partial charge in [-0.3, -0.25) is 14.4 Å². The Bertz CT molecular complexity index is 1510. The molecule has 4 rings (SSSR count). The third kappa shape index (κ3) is 6.32. The van der Waals surface area contributed by atoms with E-state index >= 15 is 0 Å². The lowest BCUT2D eigenvalue weighted by Crippen LogP contribution is -2.52.